The molecule has 1 aliphatic rings. The molecule has 242 valence electrons. The molecule has 0 saturated carbocycles. The van der Waals surface area contributed by atoms with Crippen LogP contribution in [0.2, 0.25) is 0 Å². The summed E-state index contributed by atoms with van der Waals surface area (Å²) in [5, 5.41) is 13.6. The third-order valence-electron chi connectivity index (χ3n) is 9.00. The zero-order chi connectivity index (χ0) is 32.6. The number of aromatic hydroxyl groups is 1. The number of carbonyl (C=O) groups is 2. The number of nitrogens with zero attached hydrogens (tertiary/aromatic N) is 2. The number of rotatable bonds is 12. The molecule has 47 heavy (non-hydrogen) atoms. The summed E-state index contributed by atoms with van der Waals surface area (Å²) < 4.78 is 7.78. The number of para-hydroxylation sites is 1. The average molecular weight is 630 g/mol. The fourth-order valence-electron chi connectivity index (χ4n) is 6.50. The van der Waals surface area contributed by atoms with E-state index < -0.39 is 0 Å². The Balaban J connectivity index is 1.23. The van der Waals surface area contributed by atoms with Crippen molar-refractivity contribution in [3.05, 3.63) is 120 Å². The van der Waals surface area contributed by atoms with Gasteiger partial charge in [-0.2, -0.15) is 0 Å². The maximum atomic E-state index is 14.3. The van der Waals surface area contributed by atoms with Crippen LogP contribution in [0.3, 0.4) is 0 Å². The Morgan fingerprint density at radius 2 is 1.55 bits per heavy atom. The van der Waals surface area contributed by atoms with Crippen molar-refractivity contribution in [1.29, 1.82) is 0 Å². The van der Waals surface area contributed by atoms with Gasteiger partial charge in [-0.3, -0.25) is 19.1 Å². The Labute approximate surface area is 276 Å². The van der Waals surface area contributed by atoms with Crippen LogP contribution in [-0.2, 0) is 17.6 Å². The summed E-state index contributed by atoms with van der Waals surface area (Å²) in [6.07, 6.45) is 5.50. The van der Waals surface area contributed by atoms with Gasteiger partial charge in [-0.25, -0.2) is 0 Å². The maximum Gasteiger partial charge on any atom is 0.262 e. The van der Waals surface area contributed by atoms with Crippen LogP contribution in [0.4, 0.5) is 0 Å². The van der Waals surface area contributed by atoms with Crippen molar-refractivity contribution in [2.24, 2.45) is 0 Å². The number of benzene rings is 4. The lowest BCUT2D eigenvalue weighted by Crippen LogP contribution is -2.34. The molecule has 2 N–H and O–H groups in total. The van der Waals surface area contributed by atoms with Crippen molar-refractivity contribution < 1.29 is 19.4 Å². The highest BCUT2D eigenvalue weighted by Crippen LogP contribution is 2.35. The van der Waals surface area contributed by atoms with E-state index in [1.807, 2.05) is 97.9 Å². The SMILES string of the molecule is C[C@H](CCc1ccc(O)cc1)NC(=O)Cc1c(-c2ccccc2)n(C(=O)c2ccc(OCCN3CCCCC3)cc2)c2ccccc12. The molecular weight excluding hydrogens is 586 g/mol. The predicted octanol–water partition coefficient (Wildman–Crippen LogP) is 7.25. The summed E-state index contributed by atoms with van der Waals surface area (Å²) >= 11 is 0. The van der Waals surface area contributed by atoms with E-state index in [0.29, 0.717) is 12.2 Å². The molecule has 5 aromatic rings. The second-order valence-electron chi connectivity index (χ2n) is 12.5. The number of piperidine rings is 1. The van der Waals surface area contributed by atoms with Gasteiger partial charge >= 0.3 is 0 Å². The number of hydrogen-bond donors (Lipinski definition) is 2. The molecule has 0 spiro atoms. The molecule has 1 aliphatic heterocycles. The number of nitrogens with one attached hydrogen (secondary N) is 1. The normalized spacial score (nSPS) is 14.1. The molecule has 6 rings (SSSR count). The lowest BCUT2D eigenvalue weighted by molar-refractivity contribution is -0.121. The van der Waals surface area contributed by atoms with Gasteiger partial charge in [0.1, 0.15) is 18.1 Å². The van der Waals surface area contributed by atoms with Crippen LogP contribution in [-0.4, -0.2) is 58.7 Å². The first-order valence-corrected chi connectivity index (χ1v) is 16.7. The summed E-state index contributed by atoms with van der Waals surface area (Å²) in [6.45, 7) is 5.80. The number of aryl methyl sites for hydroxylation is 1. The number of fused-ring (bicyclic) bond motifs is 1. The number of amides is 1. The van der Waals surface area contributed by atoms with Crippen LogP contribution in [0.1, 0.15) is 54.1 Å². The van der Waals surface area contributed by atoms with E-state index in [2.05, 4.69) is 10.2 Å². The van der Waals surface area contributed by atoms with E-state index in [9.17, 15) is 14.7 Å². The predicted molar refractivity (Wildman–Crippen MR) is 187 cm³/mol. The lowest BCUT2D eigenvalue weighted by Gasteiger charge is -2.26. The van der Waals surface area contributed by atoms with Crippen LogP contribution in [0.25, 0.3) is 22.2 Å². The minimum absolute atomic E-state index is 0.0490. The molecule has 1 amide bonds. The largest absolute Gasteiger partial charge is 0.508 e. The van der Waals surface area contributed by atoms with Crippen LogP contribution >= 0.6 is 0 Å². The van der Waals surface area contributed by atoms with E-state index in [4.69, 9.17) is 4.74 Å². The number of hydrogen-bond acceptors (Lipinski definition) is 5. The molecule has 1 aromatic heterocycles. The van der Waals surface area contributed by atoms with E-state index >= 15 is 0 Å². The van der Waals surface area contributed by atoms with Crippen molar-refractivity contribution in [3.8, 4) is 22.8 Å². The summed E-state index contributed by atoms with van der Waals surface area (Å²) in [4.78, 5) is 30.3. The Hall–Kier alpha value is -4.88. The summed E-state index contributed by atoms with van der Waals surface area (Å²) in [7, 11) is 0. The summed E-state index contributed by atoms with van der Waals surface area (Å²) in [5.74, 6) is 0.735. The molecule has 0 bridgehead atoms. The third kappa shape index (κ3) is 7.92. The second kappa shape index (κ2) is 15.1. The van der Waals surface area contributed by atoms with Gasteiger partial charge in [-0.05, 0) is 105 Å². The van der Waals surface area contributed by atoms with Crippen LogP contribution < -0.4 is 10.1 Å². The molecule has 1 atom stereocenters. The smallest absolute Gasteiger partial charge is 0.262 e. The highest BCUT2D eigenvalue weighted by molar-refractivity contribution is 6.08. The van der Waals surface area contributed by atoms with Crippen molar-refractivity contribution in [2.45, 2.75) is 51.5 Å². The minimum atomic E-state index is -0.158. The number of ether oxygens (including phenoxy) is 1. The molecule has 7 heteroatoms. The maximum absolute atomic E-state index is 14.3. The quantitative estimate of drug-likeness (QED) is 0.152. The van der Waals surface area contributed by atoms with Crippen molar-refractivity contribution in [3.63, 3.8) is 0 Å². The van der Waals surface area contributed by atoms with Crippen LogP contribution in [0.15, 0.2) is 103 Å². The number of aromatic nitrogens is 1. The molecule has 1 fully saturated rings. The fraction of sp³-hybridized carbons (Fsp3) is 0.300. The van der Waals surface area contributed by atoms with Crippen molar-refractivity contribution >= 4 is 22.7 Å². The van der Waals surface area contributed by atoms with Gasteiger partial charge in [0.05, 0.1) is 17.6 Å². The number of phenols is 1. The topological polar surface area (TPSA) is 83.8 Å². The minimum Gasteiger partial charge on any atom is -0.508 e. The first kappa shape index (κ1) is 32.1. The Bertz CT molecular complexity index is 1790. The molecule has 2 heterocycles. The zero-order valence-corrected chi connectivity index (χ0v) is 27.0. The summed E-state index contributed by atoms with van der Waals surface area (Å²) in [5.41, 5.74) is 4.84. The van der Waals surface area contributed by atoms with E-state index in [1.54, 1.807) is 16.7 Å². The monoisotopic (exact) mass is 629 g/mol. The van der Waals surface area contributed by atoms with Gasteiger partial charge in [-0.1, -0.05) is 67.1 Å². The molecule has 1 saturated heterocycles. The van der Waals surface area contributed by atoms with Gasteiger partial charge in [0.2, 0.25) is 5.91 Å². The molecule has 4 aromatic carbocycles. The number of likely N-dealkylation sites (tertiary alicyclic amines) is 1. The first-order chi connectivity index (χ1) is 23.0. The molecule has 0 unspecified atom stereocenters. The standard InChI is InChI=1S/C40H43N3O4/c1-29(14-15-30-16-20-33(44)21-17-30)41-38(45)28-36-35-12-6-7-13-37(35)43(39(36)31-10-4-2-5-11-31)40(46)32-18-22-34(23-19-32)47-27-26-42-24-8-3-9-25-42/h2,4-7,10-13,16-23,29,44H,3,8-9,14-15,24-28H2,1H3,(H,41,45)/t29-/m1/s1. The lowest BCUT2D eigenvalue weighted by atomic mass is 10.0. The van der Waals surface area contributed by atoms with Crippen molar-refractivity contribution in [2.75, 3.05) is 26.2 Å². The second-order valence-corrected chi connectivity index (χ2v) is 12.5. The number of carbonyl (C=O) groups excluding carboxylic acids is 2. The molecule has 0 aliphatic carbocycles. The Morgan fingerprint density at radius 1 is 0.851 bits per heavy atom. The van der Waals surface area contributed by atoms with Crippen LogP contribution in [0.5, 0.6) is 11.5 Å². The Kier molecular flexibility index (Phi) is 10.3. The molecule has 7 nitrogen and oxygen atoms in total. The molecular formula is C40H43N3O4. The van der Waals surface area contributed by atoms with Gasteiger partial charge in [0.25, 0.3) is 5.91 Å². The Morgan fingerprint density at radius 3 is 2.30 bits per heavy atom. The highest BCUT2D eigenvalue weighted by atomic mass is 16.5. The first-order valence-electron chi connectivity index (χ1n) is 16.7. The van der Waals surface area contributed by atoms with Gasteiger partial charge in [0.15, 0.2) is 0 Å². The van der Waals surface area contributed by atoms with E-state index in [0.717, 1.165) is 71.5 Å². The van der Waals surface area contributed by atoms with Gasteiger partial charge in [0, 0.05) is 23.5 Å². The van der Waals surface area contributed by atoms with E-state index in [1.165, 1.54) is 19.3 Å². The van der Waals surface area contributed by atoms with E-state index in [-0.39, 0.29) is 30.0 Å². The van der Waals surface area contributed by atoms with Crippen LogP contribution in [0, 0.1) is 0 Å². The van der Waals surface area contributed by atoms with Gasteiger partial charge in [-0.15, -0.1) is 0 Å². The summed E-state index contributed by atoms with van der Waals surface area (Å²) in [6, 6.07) is 32.1. The highest BCUT2D eigenvalue weighted by Gasteiger charge is 2.25. The zero-order valence-electron chi connectivity index (χ0n) is 27.0. The average Bonchev–Trinajstić information content (AvgIpc) is 3.42. The van der Waals surface area contributed by atoms with Crippen molar-refractivity contribution in [1.82, 2.24) is 14.8 Å². The number of phenolic OH excluding ortho intramolecular Hbond substituents is 1. The fourth-order valence-corrected chi connectivity index (χ4v) is 6.50. The molecule has 0 radical (unpaired) electrons. The third-order valence-corrected chi connectivity index (χ3v) is 9.00. The van der Waals surface area contributed by atoms with Gasteiger partial charge < -0.3 is 15.2 Å².